The molecular formula is C18H36O3Sn. The van der Waals surface area contributed by atoms with E-state index in [9.17, 15) is 9.90 Å². The summed E-state index contributed by atoms with van der Waals surface area (Å²) in [5, 5.41) is 9.95. The van der Waals surface area contributed by atoms with E-state index >= 15 is 0 Å². The fourth-order valence-electron chi connectivity index (χ4n) is 3.09. The molecule has 0 atom stereocenters. The van der Waals surface area contributed by atoms with E-state index in [0.717, 1.165) is 3.59 Å². The summed E-state index contributed by atoms with van der Waals surface area (Å²) in [4.78, 5) is 11.9. The third-order valence-corrected chi connectivity index (χ3v) is 20.4. The van der Waals surface area contributed by atoms with Crippen LogP contribution in [0.15, 0.2) is 9.67 Å². The van der Waals surface area contributed by atoms with E-state index in [1.165, 1.54) is 51.8 Å². The normalized spacial score (nSPS) is 12.5. The number of aliphatic hydroxyl groups is 1. The van der Waals surface area contributed by atoms with Crippen LogP contribution >= 0.6 is 0 Å². The number of unbranched alkanes of at least 4 members (excludes halogenated alkanes) is 3. The van der Waals surface area contributed by atoms with Crippen molar-refractivity contribution in [2.24, 2.45) is 0 Å². The molecule has 22 heavy (non-hydrogen) atoms. The van der Waals surface area contributed by atoms with Crippen LogP contribution in [0.5, 0.6) is 0 Å². The van der Waals surface area contributed by atoms with E-state index in [1.54, 1.807) is 6.08 Å². The minimum absolute atomic E-state index is 0.0477. The molecular weight excluding hydrogens is 383 g/mol. The number of rotatable bonds is 13. The third-order valence-electron chi connectivity index (χ3n) is 4.46. The predicted molar refractivity (Wildman–Crippen MR) is 96.7 cm³/mol. The minimum atomic E-state index is -2.66. The summed E-state index contributed by atoms with van der Waals surface area (Å²) in [6, 6.07) is 0. The maximum absolute atomic E-state index is 11.9. The SMILES string of the molecule is CCC[CH2][Sn]([CH2]CCC)([CH2]CCC)[C](=CC(=O)OCC)CO. The Morgan fingerprint density at radius 2 is 1.41 bits per heavy atom. The molecule has 0 aliphatic carbocycles. The first kappa shape index (κ1) is 22.0. The molecule has 130 valence electrons. The van der Waals surface area contributed by atoms with Gasteiger partial charge >= 0.3 is 141 Å². The second-order valence-corrected chi connectivity index (χ2v) is 19.6. The molecule has 0 radical (unpaired) electrons. The van der Waals surface area contributed by atoms with Gasteiger partial charge in [0, 0.05) is 0 Å². The quantitative estimate of drug-likeness (QED) is 0.264. The molecule has 0 saturated heterocycles. The maximum atomic E-state index is 11.9. The van der Waals surface area contributed by atoms with Gasteiger partial charge in [-0.05, 0) is 0 Å². The van der Waals surface area contributed by atoms with Crippen LogP contribution in [-0.2, 0) is 9.53 Å². The van der Waals surface area contributed by atoms with Crippen molar-refractivity contribution >= 4 is 24.3 Å². The standard InChI is InChI=1S/C6H9O3.3C4H9.Sn/c1-2-9-6(8)4-3-5-7;3*1-3-4-2;/h4,7H,2,5H2,1H3;3*1,3-4H2,2H3;. The van der Waals surface area contributed by atoms with Gasteiger partial charge in [-0.15, -0.1) is 0 Å². The van der Waals surface area contributed by atoms with E-state index in [2.05, 4.69) is 20.8 Å². The molecule has 0 fully saturated rings. The molecule has 0 aromatic rings. The summed E-state index contributed by atoms with van der Waals surface area (Å²) in [5.41, 5.74) is 0. The second kappa shape index (κ2) is 13.4. The number of hydrogen-bond donors (Lipinski definition) is 1. The zero-order valence-corrected chi connectivity index (χ0v) is 18.0. The van der Waals surface area contributed by atoms with Crippen molar-refractivity contribution in [3.63, 3.8) is 0 Å². The molecule has 0 aromatic carbocycles. The van der Waals surface area contributed by atoms with Crippen LogP contribution in [0.1, 0.15) is 66.2 Å². The van der Waals surface area contributed by atoms with Crippen LogP contribution in [-0.4, -0.2) is 42.7 Å². The molecule has 0 heterocycles. The Labute approximate surface area is 141 Å². The topological polar surface area (TPSA) is 46.5 Å². The van der Waals surface area contributed by atoms with Crippen molar-refractivity contribution in [3.8, 4) is 0 Å². The number of aliphatic hydroxyl groups excluding tert-OH is 1. The average molecular weight is 419 g/mol. The number of carbonyl (C=O) groups excluding carboxylic acids is 1. The number of esters is 1. The molecule has 0 unspecified atom stereocenters. The Bertz CT molecular complexity index is 305. The number of ether oxygens (including phenoxy) is 1. The van der Waals surface area contributed by atoms with E-state index < -0.39 is 18.4 Å². The Morgan fingerprint density at radius 3 is 1.73 bits per heavy atom. The van der Waals surface area contributed by atoms with Crippen LogP contribution in [0, 0.1) is 0 Å². The first-order valence-corrected chi connectivity index (χ1v) is 16.6. The van der Waals surface area contributed by atoms with Gasteiger partial charge in [-0.3, -0.25) is 0 Å². The van der Waals surface area contributed by atoms with Gasteiger partial charge in [0.2, 0.25) is 0 Å². The molecule has 0 saturated carbocycles. The predicted octanol–water partition coefficient (Wildman–Crippen LogP) is 4.86. The van der Waals surface area contributed by atoms with Gasteiger partial charge in [-0.25, -0.2) is 0 Å². The summed E-state index contributed by atoms with van der Waals surface area (Å²) in [5.74, 6) is -0.267. The molecule has 0 bridgehead atoms. The summed E-state index contributed by atoms with van der Waals surface area (Å²) in [6.45, 7) is 8.95. The van der Waals surface area contributed by atoms with E-state index in [0.29, 0.717) is 6.61 Å². The molecule has 0 aliphatic rings. The fraction of sp³-hybridized carbons (Fsp3) is 0.833. The van der Waals surface area contributed by atoms with Crippen molar-refractivity contribution in [2.75, 3.05) is 13.2 Å². The summed E-state index contributed by atoms with van der Waals surface area (Å²) in [6.07, 6.45) is 8.90. The van der Waals surface area contributed by atoms with Crippen LogP contribution in [0.2, 0.25) is 13.3 Å². The monoisotopic (exact) mass is 420 g/mol. The first-order valence-electron chi connectivity index (χ1n) is 9.08. The fourth-order valence-corrected chi connectivity index (χ4v) is 19.0. The molecule has 0 amide bonds. The Morgan fingerprint density at radius 1 is 0.955 bits per heavy atom. The average Bonchev–Trinajstić information content (AvgIpc) is 2.53. The van der Waals surface area contributed by atoms with E-state index in [1.807, 2.05) is 6.92 Å². The number of carbonyl (C=O) groups is 1. The van der Waals surface area contributed by atoms with Gasteiger partial charge in [0.05, 0.1) is 0 Å². The van der Waals surface area contributed by atoms with Crippen molar-refractivity contribution < 1.29 is 14.6 Å². The Balaban J connectivity index is 5.43. The molecule has 0 aromatic heterocycles. The van der Waals surface area contributed by atoms with E-state index in [-0.39, 0.29) is 12.6 Å². The van der Waals surface area contributed by atoms with Gasteiger partial charge in [0.25, 0.3) is 0 Å². The van der Waals surface area contributed by atoms with Gasteiger partial charge in [0.1, 0.15) is 0 Å². The molecule has 0 spiro atoms. The Hall–Kier alpha value is -0.0313. The van der Waals surface area contributed by atoms with Crippen LogP contribution in [0.25, 0.3) is 0 Å². The summed E-state index contributed by atoms with van der Waals surface area (Å²) >= 11 is -2.66. The van der Waals surface area contributed by atoms with Crippen molar-refractivity contribution in [1.29, 1.82) is 0 Å². The van der Waals surface area contributed by atoms with Gasteiger partial charge in [-0.2, -0.15) is 0 Å². The van der Waals surface area contributed by atoms with Crippen molar-refractivity contribution in [3.05, 3.63) is 9.67 Å². The van der Waals surface area contributed by atoms with Gasteiger partial charge in [0.15, 0.2) is 0 Å². The zero-order valence-electron chi connectivity index (χ0n) is 15.1. The van der Waals surface area contributed by atoms with Crippen molar-refractivity contribution in [2.45, 2.75) is 79.5 Å². The van der Waals surface area contributed by atoms with Crippen LogP contribution < -0.4 is 0 Å². The van der Waals surface area contributed by atoms with E-state index in [4.69, 9.17) is 4.74 Å². The Kier molecular flexibility index (Phi) is 13.4. The molecule has 0 rings (SSSR count). The first-order chi connectivity index (χ1) is 10.6. The summed E-state index contributed by atoms with van der Waals surface area (Å²) in [7, 11) is 0. The zero-order chi connectivity index (χ0) is 16.8. The van der Waals surface area contributed by atoms with Crippen LogP contribution in [0.4, 0.5) is 0 Å². The van der Waals surface area contributed by atoms with Gasteiger partial charge in [-0.1, -0.05) is 0 Å². The molecule has 4 heteroatoms. The second-order valence-electron chi connectivity index (χ2n) is 6.17. The number of hydrogen-bond acceptors (Lipinski definition) is 3. The molecule has 0 aliphatic heterocycles. The molecule has 3 nitrogen and oxygen atoms in total. The van der Waals surface area contributed by atoms with Crippen LogP contribution in [0.3, 0.4) is 0 Å². The van der Waals surface area contributed by atoms with Crippen molar-refractivity contribution in [1.82, 2.24) is 0 Å². The van der Waals surface area contributed by atoms with Gasteiger partial charge < -0.3 is 0 Å². The molecule has 1 N–H and O–H groups in total. The third kappa shape index (κ3) is 8.00. The summed E-state index contributed by atoms with van der Waals surface area (Å²) < 4.78 is 9.96.